The van der Waals surface area contributed by atoms with Crippen LogP contribution in [0.5, 0.6) is 5.75 Å². The van der Waals surface area contributed by atoms with Crippen molar-refractivity contribution < 1.29 is 13.2 Å². The Labute approximate surface area is 110 Å². The van der Waals surface area contributed by atoms with Crippen LogP contribution in [0, 0.1) is 0 Å². The number of tetrazole rings is 1. The van der Waals surface area contributed by atoms with Crippen molar-refractivity contribution in [2.24, 2.45) is 7.05 Å². The van der Waals surface area contributed by atoms with Crippen molar-refractivity contribution in [2.75, 3.05) is 11.3 Å². The zero-order chi connectivity index (χ0) is 13.9. The summed E-state index contributed by atoms with van der Waals surface area (Å²) in [5.41, 5.74) is 0. The Balaban J connectivity index is 2.26. The van der Waals surface area contributed by atoms with Gasteiger partial charge in [0.2, 0.25) is 0 Å². The lowest BCUT2D eigenvalue weighted by atomic mass is 10.3. The third-order valence-corrected chi connectivity index (χ3v) is 3.49. The minimum absolute atomic E-state index is 0.0749. The van der Waals surface area contributed by atoms with Gasteiger partial charge in [-0.1, -0.05) is 11.2 Å². The van der Waals surface area contributed by atoms with Gasteiger partial charge in [-0.05, 0) is 24.3 Å². The number of ether oxygens (including phenoxy) is 1. The number of rotatable bonds is 5. The van der Waals surface area contributed by atoms with Gasteiger partial charge in [0.25, 0.3) is 16.0 Å². The van der Waals surface area contributed by atoms with Crippen LogP contribution in [0.1, 0.15) is 6.92 Å². The molecule has 0 fully saturated rings. The standard InChI is InChI=1S/C10H13N5O3S/c1-3-18-8-5-4-6-9(7-8)19(16,17)13-10-11-14-15(2)12-10/h4-7H,3H2,1-2H3,(H,12,13). The molecule has 0 bridgehead atoms. The van der Waals surface area contributed by atoms with Crippen molar-refractivity contribution in [3.63, 3.8) is 0 Å². The van der Waals surface area contributed by atoms with Gasteiger partial charge >= 0.3 is 0 Å². The summed E-state index contributed by atoms with van der Waals surface area (Å²) in [4.78, 5) is 1.24. The predicted octanol–water partition coefficient (Wildman–Crippen LogP) is 0.410. The first-order chi connectivity index (χ1) is 9.01. The van der Waals surface area contributed by atoms with Crippen molar-refractivity contribution in [3.8, 4) is 5.75 Å². The van der Waals surface area contributed by atoms with Gasteiger partial charge in [0.15, 0.2) is 0 Å². The minimum Gasteiger partial charge on any atom is -0.494 e. The molecule has 0 atom stereocenters. The molecule has 0 saturated heterocycles. The lowest BCUT2D eigenvalue weighted by Gasteiger charge is -2.07. The lowest BCUT2D eigenvalue weighted by Crippen LogP contribution is -2.14. The first kappa shape index (κ1) is 13.3. The molecule has 0 aliphatic rings. The fraction of sp³-hybridized carbons (Fsp3) is 0.300. The maximum atomic E-state index is 12.1. The topological polar surface area (TPSA) is 99.0 Å². The van der Waals surface area contributed by atoms with Crippen LogP contribution in [0.15, 0.2) is 29.2 Å². The van der Waals surface area contributed by atoms with E-state index in [1.54, 1.807) is 19.2 Å². The smallest absolute Gasteiger partial charge is 0.277 e. The normalized spacial score (nSPS) is 11.3. The first-order valence-corrected chi connectivity index (χ1v) is 6.99. The van der Waals surface area contributed by atoms with Gasteiger partial charge in [-0.2, -0.15) is 4.80 Å². The predicted molar refractivity (Wildman–Crippen MR) is 67.2 cm³/mol. The zero-order valence-corrected chi connectivity index (χ0v) is 11.3. The van der Waals surface area contributed by atoms with Crippen LogP contribution in [0.4, 0.5) is 5.95 Å². The monoisotopic (exact) mass is 283 g/mol. The third kappa shape index (κ3) is 3.19. The van der Waals surface area contributed by atoms with Crippen molar-refractivity contribution in [1.29, 1.82) is 0 Å². The maximum Gasteiger partial charge on any atom is 0.277 e. The number of benzene rings is 1. The van der Waals surface area contributed by atoms with E-state index < -0.39 is 10.0 Å². The van der Waals surface area contributed by atoms with E-state index in [0.29, 0.717) is 12.4 Å². The van der Waals surface area contributed by atoms with Crippen LogP contribution in [0.3, 0.4) is 0 Å². The number of aromatic nitrogens is 4. The summed E-state index contributed by atoms with van der Waals surface area (Å²) in [5.74, 6) is 0.404. The summed E-state index contributed by atoms with van der Waals surface area (Å²) in [5, 5.41) is 10.9. The molecule has 0 unspecified atom stereocenters. The number of anilines is 1. The number of hydrogen-bond donors (Lipinski definition) is 1. The van der Waals surface area contributed by atoms with E-state index in [9.17, 15) is 8.42 Å². The molecule has 0 amide bonds. The molecule has 9 heteroatoms. The summed E-state index contributed by atoms with van der Waals surface area (Å²) in [6.45, 7) is 2.28. The molecule has 0 saturated carbocycles. The number of nitrogens with one attached hydrogen (secondary N) is 1. The van der Waals surface area contributed by atoms with Gasteiger partial charge in [0.1, 0.15) is 5.75 Å². The molecular formula is C10H13N5O3S. The highest BCUT2D eigenvalue weighted by atomic mass is 32.2. The second-order valence-corrected chi connectivity index (χ2v) is 5.30. The Morgan fingerprint density at radius 3 is 2.84 bits per heavy atom. The Morgan fingerprint density at radius 1 is 1.42 bits per heavy atom. The van der Waals surface area contributed by atoms with Crippen LogP contribution in [-0.2, 0) is 17.1 Å². The second kappa shape index (κ2) is 5.22. The summed E-state index contributed by atoms with van der Waals surface area (Å²) in [6.07, 6.45) is 0. The molecule has 0 radical (unpaired) electrons. The van der Waals surface area contributed by atoms with E-state index in [2.05, 4.69) is 20.1 Å². The van der Waals surface area contributed by atoms with Crippen LogP contribution in [-0.4, -0.2) is 35.2 Å². The third-order valence-electron chi connectivity index (χ3n) is 2.16. The summed E-state index contributed by atoms with van der Waals surface area (Å²) in [7, 11) is -2.21. The van der Waals surface area contributed by atoms with Crippen LogP contribution in [0.25, 0.3) is 0 Å². The number of hydrogen-bond acceptors (Lipinski definition) is 6. The van der Waals surface area contributed by atoms with Gasteiger partial charge < -0.3 is 4.74 Å². The SMILES string of the molecule is CCOc1cccc(S(=O)(=O)Nc2nnn(C)n2)c1. The Morgan fingerprint density at radius 2 is 2.21 bits per heavy atom. The average molecular weight is 283 g/mol. The molecule has 19 heavy (non-hydrogen) atoms. The largest absolute Gasteiger partial charge is 0.494 e. The second-order valence-electron chi connectivity index (χ2n) is 3.62. The van der Waals surface area contributed by atoms with Crippen LogP contribution in [0.2, 0.25) is 0 Å². The molecule has 0 spiro atoms. The molecule has 2 aromatic rings. The fourth-order valence-corrected chi connectivity index (χ4v) is 2.37. The van der Waals surface area contributed by atoms with Crippen molar-refractivity contribution in [2.45, 2.75) is 11.8 Å². The van der Waals surface area contributed by atoms with E-state index >= 15 is 0 Å². The molecule has 1 aromatic carbocycles. The highest BCUT2D eigenvalue weighted by Crippen LogP contribution is 2.18. The summed E-state index contributed by atoms with van der Waals surface area (Å²) >= 11 is 0. The van der Waals surface area contributed by atoms with E-state index in [1.165, 1.54) is 12.1 Å². The van der Waals surface area contributed by atoms with Gasteiger partial charge in [0.05, 0.1) is 18.6 Å². The Bertz CT molecular complexity index is 667. The van der Waals surface area contributed by atoms with Crippen LogP contribution >= 0.6 is 0 Å². The molecule has 1 heterocycles. The Kier molecular flexibility index (Phi) is 3.65. The summed E-state index contributed by atoms with van der Waals surface area (Å²) in [6, 6.07) is 6.18. The number of nitrogens with zero attached hydrogens (tertiary/aromatic N) is 4. The van der Waals surface area contributed by atoms with E-state index in [-0.39, 0.29) is 10.8 Å². The molecular weight excluding hydrogens is 270 g/mol. The maximum absolute atomic E-state index is 12.1. The number of aryl methyl sites for hydroxylation is 1. The quantitative estimate of drug-likeness (QED) is 0.853. The Hall–Kier alpha value is -2.16. The highest BCUT2D eigenvalue weighted by Gasteiger charge is 2.17. The van der Waals surface area contributed by atoms with Crippen molar-refractivity contribution in [3.05, 3.63) is 24.3 Å². The molecule has 1 N–H and O–H groups in total. The van der Waals surface area contributed by atoms with Crippen molar-refractivity contribution in [1.82, 2.24) is 20.2 Å². The van der Waals surface area contributed by atoms with Gasteiger partial charge in [-0.15, -0.1) is 5.10 Å². The van der Waals surface area contributed by atoms with Crippen molar-refractivity contribution >= 4 is 16.0 Å². The first-order valence-electron chi connectivity index (χ1n) is 5.51. The molecule has 1 aromatic heterocycles. The van der Waals surface area contributed by atoms with Gasteiger partial charge in [-0.3, -0.25) is 0 Å². The minimum atomic E-state index is -3.75. The molecule has 0 aliphatic heterocycles. The average Bonchev–Trinajstić information content (AvgIpc) is 2.75. The van der Waals surface area contributed by atoms with Crippen LogP contribution < -0.4 is 9.46 Å². The lowest BCUT2D eigenvalue weighted by molar-refractivity contribution is 0.339. The van der Waals surface area contributed by atoms with E-state index in [0.717, 1.165) is 4.80 Å². The number of sulfonamides is 1. The molecule has 2 rings (SSSR count). The molecule has 102 valence electrons. The molecule has 0 aliphatic carbocycles. The fourth-order valence-electron chi connectivity index (χ4n) is 1.40. The van der Waals surface area contributed by atoms with E-state index in [1.807, 2.05) is 6.92 Å². The van der Waals surface area contributed by atoms with Gasteiger partial charge in [0, 0.05) is 6.07 Å². The zero-order valence-electron chi connectivity index (χ0n) is 10.4. The molecule has 8 nitrogen and oxygen atoms in total. The highest BCUT2D eigenvalue weighted by molar-refractivity contribution is 7.92. The summed E-state index contributed by atoms with van der Waals surface area (Å²) < 4.78 is 31.7. The van der Waals surface area contributed by atoms with E-state index in [4.69, 9.17) is 4.74 Å². The van der Waals surface area contributed by atoms with Gasteiger partial charge in [-0.25, -0.2) is 13.1 Å².